The molecule has 0 fully saturated rings. The molecule has 2 heterocycles. The number of benzene rings is 1. The standard InChI is InChI=1S/C15H15N5S/c1-12-11-21-15(18-12)19-16-9-13-4-2-5-14(8-13)10-20-7-3-6-17-20/h2-9,11H,10H2,1H3,(H,18,19). The number of nitrogens with one attached hydrogen (secondary N) is 1. The molecule has 5 nitrogen and oxygen atoms in total. The second-order valence-corrected chi connectivity index (χ2v) is 5.47. The molecule has 3 rings (SSSR count). The Morgan fingerprint density at radius 2 is 2.33 bits per heavy atom. The minimum absolute atomic E-state index is 0.758. The van der Waals surface area contributed by atoms with Crippen LogP contribution in [0.5, 0.6) is 0 Å². The number of nitrogens with zero attached hydrogens (tertiary/aromatic N) is 4. The summed E-state index contributed by atoms with van der Waals surface area (Å²) in [5.41, 5.74) is 6.17. The highest BCUT2D eigenvalue weighted by atomic mass is 32.1. The zero-order valence-electron chi connectivity index (χ0n) is 11.6. The van der Waals surface area contributed by atoms with Crippen molar-refractivity contribution >= 4 is 22.7 Å². The van der Waals surface area contributed by atoms with Crippen molar-refractivity contribution in [2.45, 2.75) is 13.5 Å². The zero-order valence-corrected chi connectivity index (χ0v) is 12.4. The number of hydrogen-bond donors (Lipinski definition) is 1. The highest BCUT2D eigenvalue weighted by molar-refractivity contribution is 7.13. The Balaban J connectivity index is 1.65. The smallest absolute Gasteiger partial charge is 0.203 e. The molecule has 0 unspecified atom stereocenters. The molecule has 0 aliphatic rings. The second kappa shape index (κ2) is 6.32. The van der Waals surface area contributed by atoms with Crippen LogP contribution in [0.25, 0.3) is 0 Å². The average molecular weight is 297 g/mol. The number of thiazole rings is 1. The maximum Gasteiger partial charge on any atom is 0.203 e. The van der Waals surface area contributed by atoms with Crippen molar-refractivity contribution in [1.29, 1.82) is 0 Å². The van der Waals surface area contributed by atoms with Gasteiger partial charge >= 0.3 is 0 Å². The Labute approximate surface area is 127 Å². The maximum atomic E-state index is 4.29. The van der Waals surface area contributed by atoms with E-state index in [1.807, 2.05) is 41.4 Å². The Morgan fingerprint density at radius 3 is 3.10 bits per heavy atom. The number of aromatic nitrogens is 3. The van der Waals surface area contributed by atoms with E-state index in [0.29, 0.717) is 0 Å². The fourth-order valence-corrected chi connectivity index (χ4v) is 2.56. The maximum absolute atomic E-state index is 4.29. The molecule has 106 valence electrons. The summed E-state index contributed by atoms with van der Waals surface area (Å²) < 4.78 is 1.90. The van der Waals surface area contributed by atoms with Crippen LogP contribution in [0.3, 0.4) is 0 Å². The van der Waals surface area contributed by atoms with E-state index in [4.69, 9.17) is 0 Å². The summed E-state index contributed by atoms with van der Waals surface area (Å²) in [5, 5.41) is 11.2. The molecule has 0 saturated heterocycles. The summed E-state index contributed by atoms with van der Waals surface area (Å²) in [7, 11) is 0. The first kappa shape index (κ1) is 13.5. The molecule has 0 spiro atoms. The number of hydrazone groups is 1. The van der Waals surface area contributed by atoms with E-state index < -0.39 is 0 Å². The highest BCUT2D eigenvalue weighted by Gasteiger charge is 1.97. The molecule has 3 aromatic rings. The molecule has 2 aromatic heterocycles. The van der Waals surface area contributed by atoms with Crippen LogP contribution in [0, 0.1) is 6.92 Å². The lowest BCUT2D eigenvalue weighted by Gasteiger charge is -2.03. The summed E-state index contributed by atoms with van der Waals surface area (Å²) in [6, 6.07) is 10.1. The summed E-state index contributed by atoms with van der Waals surface area (Å²) >= 11 is 1.54. The number of anilines is 1. The largest absolute Gasteiger partial charge is 0.268 e. The molecule has 0 aliphatic carbocycles. The molecule has 0 amide bonds. The van der Waals surface area contributed by atoms with Crippen LogP contribution in [-0.2, 0) is 6.54 Å². The van der Waals surface area contributed by atoms with Gasteiger partial charge in [0.2, 0.25) is 5.13 Å². The SMILES string of the molecule is Cc1csc(NN=Cc2cccc(Cn3cccn3)c2)n1. The van der Waals surface area contributed by atoms with Crippen LogP contribution in [0.4, 0.5) is 5.13 Å². The van der Waals surface area contributed by atoms with Crippen molar-refractivity contribution in [2.75, 3.05) is 5.43 Å². The van der Waals surface area contributed by atoms with Crippen molar-refractivity contribution in [3.05, 3.63) is 64.9 Å². The Bertz CT molecular complexity index is 730. The van der Waals surface area contributed by atoms with Gasteiger partial charge in [-0.15, -0.1) is 11.3 Å². The molecule has 1 aromatic carbocycles. The van der Waals surface area contributed by atoms with Crippen LogP contribution in [0.15, 0.2) is 53.2 Å². The van der Waals surface area contributed by atoms with E-state index in [1.54, 1.807) is 23.7 Å². The number of rotatable bonds is 5. The fourth-order valence-electron chi connectivity index (χ4n) is 1.92. The van der Waals surface area contributed by atoms with Gasteiger partial charge in [-0.1, -0.05) is 18.2 Å². The Morgan fingerprint density at radius 1 is 1.38 bits per heavy atom. The fraction of sp³-hybridized carbons (Fsp3) is 0.133. The molecule has 1 N–H and O–H groups in total. The lowest BCUT2D eigenvalue weighted by Crippen LogP contribution is -2.00. The Kier molecular flexibility index (Phi) is 4.07. The van der Waals surface area contributed by atoms with E-state index in [9.17, 15) is 0 Å². The average Bonchev–Trinajstić information content (AvgIpc) is 3.11. The molecule has 0 atom stereocenters. The minimum Gasteiger partial charge on any atom is -0.268 e. The van der Waals surface area contributed by atoms with Crippen LogP contribution >= 0.6 is 11.3 Å². The molecule has 21 heavy (non-hydrogen) atoms. The molecular weight excluding hydrogens is 282 g/mol. The van der Waals surface area contributed by atoms with Gasteiger partial charge < -0.3 is 0 Å². The van der Waals surface area contributed by atoms with E-state index in [2.05, 4.69) is 32.7 Å². The summed E-state index contributed by atoms with van der Waals surface area (Å²) in [5.74, 6) is 0. The minimum atomic E-state index is 0.758. The molecule has 0 bridgehead atoms. The van der Waals surface area contributed by atoms with E-state index >= 15 is 0 Å². The third-order valence-electron chi connectivity index (χ3n) is 2.85. The van der Waals surface area contributed by atoms with Gasteiger partial charge in [0.1, 0.15) is 0 Å². The van der Waals surface area contributed by atoms with Gasteiger partial charge in [0.05, 0.1) is 18.5 Å². The van der Waals surface area contributed by atoms with Crippen LogP contribution in [0.1, 0.15) is 16.8 Å². The monoisotopic (exact) mass is 297 g/mol. The summed E-state index contributed by atoms with van der Waals surface area (Å²) in [6.45, 7) is 2.72. The first-order chi connectivity index (χ1) is 10.3. The predicted octanol–water partition coefficient (Wildman–Crippen LogP) is 3.14. The number of hydrogen-bond acceptors (Lipinski definition) is 5. The molecule has 0 saturated carbocycles. The third kappa shape index (κ3) is 3.76. The van der Waals surface area contributed by atoms with Gasteiger partial charge in [-0.25, -0.2) is 4.98 Å². The topological polar surface area (TPSA) is 55.1 Å². The van der Waals surface area contributed by atoms with Crippen molar-refractivity contribution in [3.63, 3.8) is 0 Å². The van der Waals surface area contributed by atoms with Crippen molar-refractivity contribution in [1.82, 2.24) is 14.8 Å². The first-order valence-corrected chi connectivity index (χ1v) is 7.45. The lowest BCUT2D eigenvalue weighted by atomic mass is 10.1. The second-order valence-electron chi connectivity index (χ2n) is 4.61. The van der Waals surface area contributed by atoms with Crippen LogP contribution < -0.4 is 5.43 Å². The zero-order chi connectivity index (χ0) is 14.5. The quantitative estimate of drug-likeness (QED) is 0.581. The Hall–Kier alpha value is -2.47. The normalized spacial score (nSPS) is 11.1. The van der Waals surface area contributed by atoms with Gasteiger partial charge in [0.25, 0.3) is 0 Å². The van der Waals surface area contributed by atoms with Gasteiger partial charge in [-0.3, -0.25) is 10.1 Å². The van der Waals surface area contributed by atoms with E-state index in [0.717, 1.165) is 22.9 Å². The van der Waals surface area contributed by atoms with Gasteiger partial charge in [-0.2, -0.15) is 10.2 Å². The van der Waals surface area contributed by atoms with E-state index in [-0.39, 0.29) is 0 Å². The summed E-state index contributed by atoms with van der Waals surface area (Å²) in [6.07, 6.45) is 5.53. The molecular formula is C15H15N5S. The van der Waals surface area contributed by atoms with Crippen molar-refractivity contribution in [2.24, 2.45) is 5.10 Å². The van der Waals surface area contributed by atoms with Crippen molar-refractivity contribution < 1.29 is 0 Å². The highest BCUT2D eigenvalue weighted by Crippen LogP contribution is 2.14. The first-order valence-electron chi connectivity index (χ1n) is 6.57. The van der Waals surface area contributed by atoms with Gasteiger partial charge in [-0.05, 0) is 30.2 Å². The third-order valence-corrected chi connectivity index (χ3v) is 3.71. The van der Waals surface area contributed by atoms with Crippen molar-refractivity contribution in [3.8, 4) is 0 Å². The summed E-state index contributed by atoms with van der Waals surface area (Å²) in [4.78, 5) is 4.29. The van der Waals surface area contributed by atoms with E-state index in [1.165, 1.54) is 5.56 Å². The molecule has 0 aliphatic heterocycles. The van der Waals surface area contributed by atoms with Gasteiger partial charge in [0.15, 0.2) is 0 Å². The molecule has 6 heteroatoms. The lowest BCUT2D eigenvalue weighted by molar-refractivity contribution is 0.687. The van der Waals surface area contributed by atoms with Gasteiger partial charge in [0, 0.05) is 17.8 Å². The predicted molar refractivity (Wildman–Crippen MR) is 85.8 cm³/mol. The number of aryl methyl sites for hydroxylation is 1. The van der Waals surface area contributed by atoms with Crippen LogP contribution in [-0.4, -0.2) is 21.0 Å². The molecule has 0 radical (unpaired) electrons. The van der Waals surface area contributed by atoms with Crippen LogP contribution in [0.2, 0.25) is 0 Å².